The van der Waals surface area contributed by atoms with Crippen LogP contribution in [-0.2, 0) is 4.79 Å². The number of fused-ring (bicyclic) bond motifs is 1. The van der Waals surface area contributed by atoms with Gasteiger partial charge in [0.1, 0.15) is 5.78 Å². The number of hydrogen-bond acceptors (Lipinski definition) is 2. The van der Waals surface area contributed by atoms with Crippen molar-refractivity contribution in [2.24, 2.45) is 11.3 Å². The van der Waals surface area contributed by atoms with Gasteiger partial charge in [-0.3, -0.25) is 4.79 Å². The lowest BCUT2D eigenvalue weighted by molar-refractivity contribution is -0.159. The van der Waals surface area contributed by atoms with Crippen LogP contribution in [0.2, 0.25) is 0 Å². The van der Waals surface area contributed by atoms with Crippen molar-refractivity contribution < 1.29 is 9.90 Å². The zero-order valence-electron chi connectivity index (χ0n) is 10.4. The first-order chi connectivity index (χ1) is 7.36. The van der Waals surface area contributed by atoms with E-state index in [0.717, 1.165) is 31.3 Å². The fourth-order valence-corrected chi connectivity index (χ4v) is 3.38. The van der Waals surface area contributed by atoms with Gasteiger partial charge in [-0.1, -0.05) is 26.5 Å². The molecule has 0 aromatic rings. The Bertz CT molecular complexity index is 334. The molecule has 2 aliphatic carbocycles. The molecule has 0 heterocycles. The summed E-state index contributed by atoms with van der Waals surface area (Å²) in [6, 6.07) is 0. The maximum Gasteiger partial charge on any atom is 0.135 e. The van der Waals surface area contributed by atoms with E-state index in [1.165, 1.54) is 0 Å². The maximum absolute atomic E-state index is 11.6. The highest BCUT2D eigenvalue weighted by Gasteiger charge is 2.53. The van der Waals surface area contributed by atoms with Gasteiger partial charge in [-0.05, 0) is 43.9 Å². The van der Waals surface area contributed by atoms with Crippen LogP contribution in [0.25, 0.3) is 0 Å². The second-order valence-corrected chi connectivity index (χ2v) is 6.09. The second kappa shape index (κ2) is 4.56. The predicted molar refractivity (Wildman–Crippen MR) is 70.8 cm³/mol. The highest BCUT2D eigenvalue weighted by Crippen LogP contribution is 2.54. The predicted octanol–water partition coefficient (Wildman–Crippen LogP) is 3.49. The molecule has 2 rings (SSSR count). The molecule has 1 N–H and O–H groups in total. The normalized spacial score (nSPS) is 41.4. The largest absolute Gasteiger partial charge is 0.389 e. The highest BCUT2D eigenvalue weighted by molar-refractivity contribution is 5.80. The van der Waals surface area contributed by atoms with Gasteiger partial charge in [0, 0.05) is 12.8 Å². The van der Waals surface area contributed by atoms with Gasteiger partial charge in [0.05, 0.1) is 5.60 Å². The lowest BCUT2D eigenvalue weighted by Gasteiger charge is -2.53. The number of rotatable bonds is 1. The molecule has 0 aromatic carbocycles. The van der Waals surface area contributed by atoms with Crippen molar-refractivity contribution in [3.8, 4) is 0 Å². The molecular formula is C15H26O2. The summed E-state index contributed by atoms with van der Waals surface area (Å²) >= 11 is 0. The third kappa shape index (κ3) is 2.33. The van der Waals surface area contributed by atoms with Gasteiger partial charge in [0.15, 0.2) is 0 Å². The molecule has 0 aromatic heterocycles. The summed E-state index contributed by atoms with van der Waals surface area (Å²) < 4.78 is 0. The third-order valence-electron chi connectivity index (χ3n) is 4.89. The molecule has 3 atom stereocenters. The zero-order chi connectivity index (χ0) is 12.0. The maximum atomic E-state index is 11.6. The number of ketones is 1. The molecule has 0 spiro atoms. The number of carbonyl (C=O) groups excluding carboxylic acids is 1. The number of allylic oxidation sites excluding steroid dienone is 1. The van der Waals surface area contributed by atoms with E-state index < -0.39 is 5.60 Å². The van der Waals surface area contributed by atoms with E-state index in [9.17, 15) is 9.90 Å². The highest BCUT2D eigenvalue weighted by atomic mass is 16.3. The lowest BCUT2D eigenvalue weighted by Crippen LogP contribution is -2.55. The minimum absolute atomic E-state index is 0. The van der Waals surface area contributed by atoms with Gasteiger partial charge in [-0.15, -0.1) is 0 Å². The van der Waals surface area contributed by atoms with E-state index in [2.05, 4.69) is 13.5 Å². The lowest BCUT2D eigenvalue weighted by atomic mass is 9.54. The van der Waals surface area contributed by atoms with Crippen LogP contribution in [0.3, 0.4) is 0 Å². The molecule has 0 unspecified atom stereocenters. The van der Waals surface area contributed by atoms with Crippen molar-refractivity contribution in [2.75, 3.05) is 0 Å². The Hall–Kier alpha value is -0.630. The summed E-state index contributed by atoms with van der Waals surface area (Å²) in [6.45, 7) is 8.17. The van der Waals surface area contributed by atoms with E-state index in [1.54, 1.807) is 0 Å². The summed E-state index contributed by atoms with van der Waals surface area (Å²) in [5.41, 5.74) is 0.324. The summed E-state index contributed by atoms with van der Waals surface area (Å²) in [7, 11) is 0. The topological polar surface area (TPSA) is 37.3 Å². The van der Waals surface area contributed by atoms with Crippen LogP contribution in [0.1, 0.15) is 59.8 Å². The Balaban J connectivity index is 0.00000144. The van der Waals surface area contributed by atoms with Crippen molar-refractivity contribution in [3.05, 3.63) is 12.2 Å². The number of aliphatic hydroxyl groups is 1. The quantitative estimate of drug-likeness (QED) is 0.710. The number of hydrogen-bond donors (Lipinski definition) is 1. The molecule has 0 amide bonds. The number of carbonyl (C=O) groups is 1. The van der Waals surface area contributed by atoms with Crippen LogP contribution in [0.4, 0.5) is 0 Å². The van der Waals surface area contributed by atoms with Crippen molar-refractivity contribution in [1.82, 2.24) is 0 Å². The van der Waals surface area contributed by atoms with Gasteiger partial charge >= 0.3 is 0 Å². The summed E-state index contributed by atoms with van der Waals surface area (Å²) in [5.74, 6) is 0.617. The molecule has 0 radical (unpaired) electrons. The Labute approximate surface area is 105 Å². The average molecular weight is 238 g/mol. The summed E-state index contributed by atoms with van der Waals surface area (Å²) in [4.78, 5) is 11.6. The Morgan fingerprint density at radius 1 is 1.47 bits per heavy atom. The van der Waals surface area contributed by atoms with E-state index in [-0.39, 0.29) is 18.6 Å². The molecule has 0 saturated heterocycles. The summed E-state index contributed by atoms with van der Waals surface area (Å²) in [6.07, 6.45) is 4.72. The van der Waals surface area contributed by atoms with Crippen molar-refractivity contribution in [1.29, 1.82) is 0 Å². The molecule has 17 heavy (non-hydrogen) atoms. The fourth-order valence-electron chi connectivity index (χ4n) is 3.38. The molecule has 2 heteroatoms. The third-order valence-corrected chi connectivity index (χ3v) is 4.89. The molecule has 0 aliphatic heterocycles. The minimum Gasteiger partial charge on any atom is -0.389 e. The average Bonchev–Trinajstić information content (AvgIpc) is 2.18. The van der Waals surface area contributed by atoms with Crippen LogP contribution in [0, 0.1) is 11.3 Å². The Kier molecular flexibility index (Phi) is 3.87. The van der Waals surface area contributed by atoms with Crippen LogP contribution < -0.4 is 0 Å². The standard InChI is InChI=1S/C14H22O2.CH4/c1-10(2)11-4-6-13(3)7-5-12(15)9-14(13,16)8-11;/h11,16H,1,4-9H2,2-3H3;1H4/t11-,13-,14-;/m1./s1. The van der Waals surface area contributed by atoms with Gasteiger partial charge in [0.25, 0.3) is 0 Å². The molecular weight excluding hydrogens is 212 g/mol. The molecule has 2 aliphatic rings. The van der Waals surface area contributed by atoms with Crippen molar-refractivity contribution in [3.63, 3.8) is 0 Å². The first-order valence-electron chi connectivity index (χ1n) is 6.26. The zero-order valence-corrected chi connectivity index (χ0v) is 10.4. The SMILES string of the molecule is C.C=C(C)[C@@H]1CC[C@]2(C)CCC(=O)C[C@]2(O)C1. The van der Waals surface area contributed by atoms with Gasteiger partial charge in [-0.25, -0.2) is 0 Å². The molecule has 0 bridgehead atoms. The minimum atomic E-state index is -0.774. The van der Waals surface area contributed by atoms with E-state index in [0.29, 0.717) is 18.8 Å². The molecule has 2 fully saturated rings. The van der Waals surface area contributed by atoms with E-state index in [4.69, 9.17) is 0 Å². The first-order valence-corrected chi connectivity index (χ1v) is 6.26. The van der Waals surface area contributed by atoms with Crippen LogP contribution in [-0.4, -0.2) is 16.5 Å². The molecule has 98 valence electrons. The monoisotopic (exact) mass is 238 g/mol. The van der Waals surface area contributed by atoms with E-state index >= 15 is 0 Å². The van der Waals surface area contributed by atoms with Gasteiger partial charge in [0.2, 0.25) is 0 Å². The molecule has 2 saturated carbocycles. The van der Waals surface area contributed by atoms with Crippen molar-refractivity contribution in [2.45, 2.75) is 65.4 Å². The van der Waals surface area contributed by atoms with Crippen LogP contribution in [0.5, 0.6) is 0 Å². The van der Waals surface area contributed by atoms with Crippen LogP contribution in [0.15, 0.2) is 12.2 Å². The second-order valence-electron chi connectivity index (χ2n) is 6.09. The summed E-state index contributed by atoms with van der Waals surface area (Å²) in [5, 5.41) is 10.8. The van der Waals surface area contributed by atoms with Gasteiger partial charge in [-0.2, -0.15) is 0 Å². The molecule has 2 nitrogen and oxygen atoms in total. The van der Waals surface area contributed by atoms with Crippen molar-refractivity contribution >= 4 is 5.78 Å². The van der Waals surface area contributed by atoms with Crippen LogP contribution >= 0.6 is 0 Å². The fraction of sp³-hybridized carbons (Fsp3) is 0.800. The van der Waals surface area contributed by atoms with E-state index in [1.807, 2.05) is 6.92 Å². The van der Waals surface area contributed by atoms with Gasteiger partial charge < -0.3 is 5.11 Å². The smallest absolute Gasteiger partial charge is 0.135 e. The number of Topliss-reactive ketones (excluding diaryl/α,β-unsaturated/α-hetero) is 1. The Morgan fingerprint density at radius 3 is 2.71 bits per heavy atom. The Morgan fingerprint density at radius 2 is 2.12 bits per heavy atom. The first kappa shape index (κ1) is 14.4.